The molecule has 1 aliphatic heterocycles. The van der Waals surface area contributed by atoms with Crippen LogP contribution in [-0.2, 0) is 16.0 Å². The Morgan fingerprint density at radius 1 is 1.34 bits per heavy atom. The summed E-state index contributed by atoms with van der Waals surface area (Å²) in [6, 6.07) is 8.82. The first-order valence-electron chi connectivity index (χ1n) is 10.2. The van der Waals surface area contributed by atoms with E-state index in [4.69, 9.17) is 19.9 Å². The van der Waals surface area contributed by atoms with Crippen molar-refractivity contribution in [2.75, 3.05) is 37.1 Å². The van der Waals surface area contributed by atoms with Crippen LogP contribution in [0.4, 0.5) is 22.0 Å². The summed E-state index contributed by atoms with van der Waals surface area (Å²) in [5, 5.41) is 11.8. The van der Waals surface area contributed by atoms with Gasteiger partial charge in [-0.1, -0.05) is 12.1 Å². The normalized spacial score (nSPS) is 14.1. The second-order valence-corrected chi connectivity index (χ2v) is 8.49. The monoisotopic (exact) mass is 556 g/mol. The number of amides is 1. The lowest BCUT2D eigenvalue weighted by molar-refractivity contribution is -0.383. The van der Waals surface area contributed by atoms with Crippen LogP contribution < -0.4 is 15.4 Å². The van der Waals surface area contributed by atoms with Gasteiger partial charge in [0.15, 0.2) is 0 Å². The average molecular weight is 556 g/mol. The van der Waals surface area contributed by atoms with E-state index in [9.17, 15) is 14.9 Å². The standard InChI is InChI=1S/C21H25IN4O6/c1-2-31-21(27)25(12-14-3-5-16(22)6-4-14)17-11-18(24-20(23)19(17)26(28)29)32-13-15-7-9-30-10-8-15/h3-6,11,15H,2,7-10,12-13H2,1H3,(H2,23,24). The smallest absolute Gasteiger partial charge is 0.414 e. The highest BCUT2D eigenvalue weighted by atomic mass is 127. The highest BCUT2D eigenvalue weighted by molar-refractivity contribution is 14.1. The number of hydrogen-bond donors (Lipinski definition) is 1. The molecule has 0 aliphatic carbocycles. The Labute approximate surface area is 199 Å². The maximum Gasteiger partial charge on any atom is 0.414 e. The number of hydrogen-bond acceptors (Lipinski definition) is 8. The summed E-state index contributed by atoms with van der Waals surface area (Å²) in [4.78, 5) is 29.2. The fraction of sp³-hybridized carbons (Fsp3) is 0.429. The first-order chi connectivity index (χ1) is 15.4. The van der Waals surface area contributed by atoms with Gasteiger partial charge in [-0.05, 0) is 66.0 Å². The molecule has 0 saturated carbocycles. The van der Waals surface area contributed by atoms with E-state index < -0.39 is 16.7 Å². The third-order valence-corrected chi connectivity index (χ3v) is 5.72. The van der Waals surface area contributed by atoms with E-state index in [2.05, 4.69) is 27.6 Å². The predicted octanol–water partition coefficient (Wildman–Crippen LogP) is 4.15. The van der Waals surface area contributed by atoms with Crippen LogP contribution >= 0.6 is 22.6 Å². The zero-order valence-corrected chi connectivity index (χ0v) is 19.8. The molecule has 0 spiro atoms. The van der Waals surface area contributed by atoms with Gasteiger partial charge in [0.25, 0.3) is 0 Å². The van der Waals surface area contributed by atoms with Gasteiger partial charge in [-0.25, -0.2) is 4.79 Å². The van der Waals surface area contributed by atoms with Crippen molar-refractivity contribution in [3.8, 4) is 5.88 Å². The van der Waals surface area contributed by atoms with Crippen molar-refractivity contribution in [2.45, 2.75) is 26.3 Å². The van der Waals surface area contributed by atoms with Gasteiger partial charge in [-0.15, -0.1) is 0 Å². The zero-order valence-electron chi connectivity index (χ0n) is 17.7. The Bertz CT molecular complexity index is 950. The summed E-state index contributed by atoms with van der Waals surface area (Å²) in [6.07, 6.45) is 0.990. The fourth-order valence-corrected chi connectivity index (χ4v) is 3.68. The lowest BCUT2D eigenvalue weighted by Crippen LogP contribution is -2.32. The Morgan fingerprint density at radius 2 is 2.03 bits per heavy atom. The molecule has 0 atom stereocenters. The maximum atomic E-state index is 12.8. The molecule has 0 radical (unpaired) electrons. The maximum absolute atomic E-state index is 12.8. The average Bonchev–Trinajstić information content (AvgIpc) is 2.77. The van der Waals surface area contributed by atoms with E-state index >= 15 is 0 Å². The van der Waals surface area contributed by atoms with Crippen molar-refractivity contribution in [3.05, 3.63) is 49.6 Å². The molecule has 172 valence electrons. The summed E-state index contributed by atoms with van der Waals surface area (Å²) in [6.45, 7) is 3.55. The summed E-state index contributed by atoms with van der Waals surface area (Å²) >= 11 is 2.17. The minimum atomic E-state index is -0.727. The number of aromatic nitrogens is 1. The van der Waals surface area contributed by atoms with Crippen molar-refractivity contribution in [2.24, 2.45) is 5.92 Å². The van der Waals surface area contributed by atoms with Crippen LogP contribution in [0.2, 0.25) is 0 Å². The molecular weight excluding hydrogens is 531 g/mol. The van der Waals surface area contributed by atoms with Crippen LogP contribution in [0.15, 0.2) is 30.3 Å². The third kappa shape index (κ3) is 6.19. The summed E-state index contributed by atoms with van der Waals surface area (Å²) < 4.78 is 17.4. The molecule has 11 heteroatoms. The second-order valence-electron chi connectivity index (χ2n) is 7.25. The van der Waals surface area contributed by atoms with E-state index in [-0.39, 0.29) is 30.5 Å². The quantitative estimate of drug-likeness (QED) is 0.292. The van der Waals surface area contributed by atoms with Gasteiger partial charge in [-0.3, -0.25) is 15.0 Å². The van der Waals surface area contributed by atoms with Crippen LogP contribution in [0.25, 0.3) is 0 Å². The fourth-order valence-electron chi connectivity index (χ4n) is 3.33. The van der Waals surface area contributed by atoms with Crippen molar-refractivity contribution in [1.29, 1.82) is 0 Å². The lowest BCUT2D eigenvalue weighted by Gasteiger charge is -2.24. The molecule has 1 fully saturated rings. The first kappa shape index (κ1) is 24.0. The molecule has 32 heavy (non-hydrogen) atoms. The van der Waals surface area contributed by atoms with E-state index in [1.807, 2.05) is 24.3 Å². The van der Waals surface area contributed by atoms with E-state index in [0.717, 1.165) is 22.0 Å². The molecule has 2 heterocycles. The molecule has 2 aromatic rings. The lowest BCUT2D eigenvalue weighted by atomic mass is 10.0. The molecule has 1 saturated heterocycles. The number of benzene rings is 1. The summed E-state index contributed by atoms with van der Waals surface area (Å²) in [5.41, 5.74) is 6.20. The Balaban J connectivity index is 1.95. The minimum Gasteiger partial charge on any atom is -0.477 e. The summed E-state index contributed by atoms with van der Waals surface area (Å²) in [7, 11) is 0. The molecule has 0 unspecified atom stereocenters. The van der Waals surface area contributed by atoms with Gasteiger partial charge >= 0.3 is 11.8 Å². The largest absolute Gasteiger partial charge is 0.477 e. The van der Waals surface area contributed by atoms with Crippen LogP contribution in [0, 0.1) is 19.6 Å². The Kier molecular flexibility index (Phi) is 8.45. The number of carbonyl (C=O) groups excluding carboxylic acids is 1. The van der Waals surface area contributed by atoms with Gasteiger partial charge in [0, 0.05) is 22.9 Å². The molecule has 1 aromatic heterocycles. The van der Waals surface area contributed by atoms with E-state index in [1.54, 1.807) is 6.92 Å². The number of nitrogens with two attached hydrogens (primary N) is 1. The molecule has 3 rings (SSSR count). The van der Waals surface area contributed by atoms with Crippen LogP contribution in [0.5, 0.6) is 5.88 Å². The van der Waals surface area contributed by atoms with E-state index in [1.165, 1.54) is 11.0 Å². The van der Waals surface area contributed by atoms with Crippen LogP contribution in [-0.4, -0.2) is 42.4 Å². The predicted molar refractivity (Wildman–Crippen MR) is 127 cm³/mol. The van der Waals surface area contributed by atoms with Crippen molar-refractivity contribution >= 4 is 45.9 Å². The molecule has 1 amide bonds. The van der Waals surface area contributed by atoms with Gasteiger partial charge < -0.3 is 19.9 Å². The molecule has 0 bridgehead atoms. The highest BCUT2D eigenvalue weighted by Gasteiger charge is 2.30. The zero-order chi connectivity index (χ0) is 23.1. The number of carbonyl (C=O) groups is 1. The summed E-state index contributed by atoms with van der Waals surface area (Å²) in [5.74, 6) is 0.0799. The van der Waals surface area contributed by atoms with Crippen molar-refractivity contribution < 1.29 is 23.9 Å². The number of rotatable bonds is 8. The first-order valence-corrected chi connectivity index (χ1v) is 11.3. The number of nitrogens with zero attached hydrogens (tertiary/aromatic N) is 3. The third-order valence-electron chi connectivity index (χ3n) is 5.00. The van der Waals surface area contributed by atoms with Crippen molar-refractivity contribution in [3.63, 3.8) is 0 Å². The van der Waals surface area contributed by atoms with E-state index in [0.29, 0.717) is 25.7 Å². The van der Waals surface area contributed by atoms with Crippen molar-refractivity contribution in [1.82, 2.24) is 4.98 Å². The van der Waals surface area contributed by atoms with Gasteiger partial charge in [0.1, 0.15) is 5.69 Å². The number of anilines is 2. The molecule has 1 aliphatic rings. The topological polar surface area (TPSA) is 130 Å². The number of nitro groups is 1. The second kappa shape index (κ2) is 11.3. The molecule has 1 aromatic carbocycles. The molecule has 2 N–H and O–H groups in total. The SMILES string of the molecule is CCOC(=O)N(Cc1ccc(I)cc1)c1cc(OCC2CCOCC2)nc(N)c1[N+](=O)[O-]. The minimum absolute atomic E-state index is 0.0264. The Morgan fingerprint density at radius 3 is 2.66 bits per heavy atom. The number of halogens is 1. The highest BCUT2D eigenvalue weighted by Crippen LogP contribution is 2.37. The Hall–Kier alpha value is -2.67. The van der Waals surface area contributed by atoms with Gasteiger partial charge in [0.05, 0.1) is 24.7 Å². The van der Waals surface area contributed by atoms with Gasteiger partial charge in [0.2, 0.25) is 11.7 Å². The molecular formula is C21H25IN4O6. The number of nitrogen functional groups attached to an aromatic ring is 1. The number of ether oxygens (including phenoxy) is 3. The number of pyridine rings is 1. The molecule has 10 nitrogen and oxygen atoms in total. The van der Waals surface area contributed by atoms with Crippen LogP contribution in [0.3, 0.4) is 0 Å². The van der Waals surface area contributed by atoms with Gasteiger partial charge in [-0.2, -0.15) is 4.98 Å². The van der Waals surface area contributed by atoms with Crippen LogP contribution in [0.1, 0.15) is 25.3 Å².